The largest absolute Gasteiger partial charge is 0.497 e. The Morgan fingerprint density at radius 3 is 2.57 bits per heavy atom. The number of ether oxygens (including phenoxy) is 1. The van der Waals surface area contributed by atoms with Gasteiger partial charge in [0.25, 0.3) is 5.91 Å². The molecule has 0 radical (unpaired) electrons. The molecule has 2 rings (SSSR count). The summed E-state index contributed by atoms with van der Waals surface area (Å²) in [6.07, 6.45) is 3.05. The molecule has 2 amide bonds. The summed E-state index contributed by atoms with van der Waals surface area (Å²) in [7, 11) is 3.14. The van der Waals surface area contributed by atoms with Crippen LogP contribution in [0.2, 0.25) is 0 Å². The number of methoxy groups -OCH3 is 1. The molecule has 0 atom stereocenters. The second-order valence-electron chi connectivity index (χ2n) is 4.83. The molecular weight excluding hydrogens is 362 g/mol. The van der Waals surface area contributed by atoms with E-state index in [0.29, 0.717) is 21.5 Å². The van der Waals surface area contributed by atoms with Gasteiger partial charge in [0.05, 0.1) is 19.2 Å². The van der Waals surface area contributed by atoms with E-state index < -0.39 is 0 Å². The number of benzene rings is 1. The number of carbonyl (C=O) groups excluding carboxylic acids is 2. The summed E-state index contributed by atoms with van der Waals surface area (Å²) in [6.45, 7) is -0.0582. The molecule has 1 heterocycles. The second-order valence-corrected chi connectivity index (χ2v) is 5.75. The molecule has 120 valence electrons. The maximum Gasteiger partial charge on any atom is 0.255 e. The Morgan fingerprint density at radius 1 is 1.26 bits per heavy atom. The smallest absolute Gasteiger partial charge is 0.255 e. The predicted octanol–water partition coefficient (Wildman–Crippen LogP) is 2.56. The van der Waals surface area contributed by atoms with Crippen molar-refractivity contribution >= 4 is 33.4 Å². The van der Waals surface area contributed by atoms with E-state index in [9.17, 15) is 9.59 Å². The van der Waals surface area contributed by atoms with Crippen molar-refractivity contribution in [2.45, 2.75) is 0 Å². The van der Waals surface area contributed by atoms with Gasteiger partial charge in [-0.3, -0.25) is 14.6 Å². The SMILES string of the molecule is COc1ccc(NC(=O)CN(C)C(=O)c2cncc(Br)c2)cc1. The van der Waals surface area contributed by atoms with Gasteiger partial charge >= 0.3 is 0 Å². The van der Waals surface area contributed by atoms with Gasteiger partial charge in [0.2, 0.25) is 5.91 Å². The van der Waals surface area contributed by atoms with Gasteiger partial charge in [-0.15, -0.1) is 0 Å². The van der Waals surface area contributed by atoms with Crippen LogP contribution in [-0.4, -0.2) is 42.4 Å². The molecule has 0 saturated carbocycles. The summed E-state index contributed by atoms with van der Waals surface area (Å²) in [5.74, 6) is 0.148. The number of pyridine rings is 1. The first-order chi connectivity index (χ1) is 11.0. The van der Waals surface area contributed by atoms with Crippen LogP contribution < -0.4 is 10.1 Å². The fourth-order valence-corrected chi connectivity index (χ4v) is 2.28. The summed E-state index contributed by atoms with van der Waals surface area (Å²) in [6, 6.07) is 8.62. The number of aromatic nitrogens is 1. The summed E-state index contributed by atoms with van der Waals surface area (Å²) in [5.41, 5.74) is 1.06. The zero-order valence-electron chi connectivity index (χ0n) is 12.7. The Balaban J connectivity index is 1.94. The van der Waals surface area contributed by atoms with Crippen LogP contribution in [0, 0.1) is 0 Å². The van der Waals surface area contributed by atoms with E-state index >= 15 is 0 Å². The van der Waals surface area contributed by atoms with E-state index in [4.69, 9.17) is 4.74 Å². The van der Waals surface area contributed by atoms with Gasteiger partial charge in [-0.05, 0) is 46.3 Å². The highest BCUT2D eigenvalue weighted by Crippen LogP contribution is 2.15. The lowest BCUT2D eigenvalue weighted by molar-refractivity contribution is -0.116. The van der Waals surface area contributed by atoms with Gasteiger partial charge < -0.3 is 15.0 Å². The number of amides is 2. The molecule has 0 aliphatic heterocycles. The van der Waals surface area contributed by atoms with Crippen LogP contribution >= 0.6 is 15.9 Å². The van der Waals surface area contributed by atoms with E-state index in [1.165, 1.54) is 11.1 Å². The zero-order chi connectivity index (χ0) is 16.8. The van der Waals surface area contributed by atoms with Crippen LogP contribution in [0.15, 0.2) is 47.2 Å². The van der Waals surface area contributed by atoms with E-state index in [1.807, 2.05) is 0 Å². The molecule has 0 spiro atoms. The summed E-state index contributed by atoms with van der Waals surface area (Å²) < 4.78 is 5.76. The van der Waals surface area contributed by atoms with Gasteiger partial charge in [-0.25, -0.2) is 0 Å². The topological polar surface area (TPSA) is 71.5 Å². The molecule has 7 heteroatoms. The highest BCUT2D eigenvalue weighted by atomic mass is 79.9. The molecule has 1 aromatic heterocycles. The zero-order valence-corrected chi connectivity index (χ0v) is 14.3. The minimum absolute atomic E-state index is 0.0582. The first-order valence-electron chi connectivity index (χ1n) is 6.79. The van der Waals surface area contributed by atoms with E-state index in [1.54, 1.807) is 50.7 Å². The van der Waals surface area contributed by atoms with E-state index in [-0.39, 0.29) is 18.4 Å². The molecular formula is C16H16BrN3O3. The number of hydrogen-bond donors (Lipinski definition) is 1. The molecule has 0 aliphatic rings. The number of nitrogens with zero attached hydrogens (tertiary/aromatic N) is 2. The minimum Gasteiger partial charge on any atom is -0.497 e. The van der Waals surface area contributed by atoms with Crippen LogP contribution in [0.25, 0.3) is 0 Å². The summed E-state index contributed by atoms with van der Waals surface area (Å²) >= 11 is 3.26. The number of anilines is 1. The molecule has 23 heavy (non-hydrogen) atoms. The number of likely N-dealkylation sites (N-methyl/N-ethyl adjacent to an activating group) is 1. The van der Waals surface area contributed by atoms with Crippen molar-refractivity contribution in [1.29, 1.82) is 0 Å². The van der Waals surface area contributed by atoms with Crippen LogP contribution in [0.5, 0.6) is 5.75 Å². The Hall–Kier alpha value is -2.41. The maximum atomic E-state index is 12.2. The molecule has 0 saturated heterocycles. The maximum absolute atomic E-state index is 12.2. The van der Waals surface area contributed by atoms with Crippen LogP contribution in [-0.2, 0) is 4.79 Å². The number of hydrogen-bond acceptors (Lipinski definition) is 4. The van der Waals surface area contributed by atoms with Crippen molar-refractivity contribution in [1.82, 2.24) is 9.88 Å². The third kappa shape index (κ3) is 4.79. The lowest BCUT2D eigenvalue weighted by Gasteiger charge is -2.17. The summed E-state index contributed by atoms with van der Waals surface area (Å²) in [4.78, 5) is 29.5. The van der Waals surface area contributed by atoms with Gasteiger partial charge in [0, 0.05) is 29.6 Å². The average molecular weight is 378 g/mol. The highest BCUT2D eigenvalue weighted by molar-refractivity contribution is 9.10. The molecule has 1 aromatic carbocycles. The quantitative estimate of drug-likeness (QED) is 0.868. The van der Waals surface area contributed by atoms with Gasteiger partial charge in [-0.1, -0.05) is 0 Å². The first kappa shape index (κ1) is 17.0. The van der Waals surface area contributed by atoms with Crippen molar-refractivity contribution < 1.29 is 14.3 Å². The van der Waals surface area contributed by atoms with Crippen LogP contribution in [0.3, 0.4) is 0 Å². The minimum atomic E-state index is -0.283. The fraction of sp³-hybridized carbons (Fsp3) is 0.188. The van der Waals surface area contributed by atoms with Crippen molar-refractivity contribution in [3.05, 3.63) is 52.8 Å². The van der Waals surface area contributed by atoms with E-state index in [2.05, 4.69) is 26.2 Å². The molecule has 6 nitrogen and oxygen atoms in total. The lowest BCUT2D eigenvalue weighted by atomic mass is 10.2. The van der Waals surface area contributed by atoms with E-state index in [0.717, 1.165) is 0 Å². The van der Waals surface area contributed by atoms with Crippen molar-refractivity contribution in [3.63, 3.8) is 0 Å². The molecule has 0 fully saturated rings. The number of carbonyl (C=O) groups is 2. The van der Waals surface area contributed by atoms with Gasteiger partial charge in [0.1, 0.15) is 5.75 Å². The van der Waals surface area contributed by atoms with Crippen LogP contribution in [0.1, 0.15) is 10.4 Å². The highest BCUT2D eigenvalue weighted by Gasteiger charge is 2.15. The van der Waals surface area contributed by atoms with Crippen molar-refractivity contribution in [3.8, 4) is 5.75 Å². The monoisotopic (exact) mass is 377 g/mol. The Kier molecular flexibility index (Phi) is 5.70. The number of halogens is 1. The Morgan fingerprint density at radius 2 is 1.96 bits per heavy atom. The molecule has 0 aliphatic carbocycles. The Labute approximate surface area is 142 Å². The van der Waals surface area contributed by atoms with Gasteiger partial charge in [-0.2, -0.15) is 0 Å². The molecule has 1 N–H and O–H groups in total. The first-order valence-corrected chi connectivity index (χ1v) is 7.59. The van der Waals surface area contributed by atoms with Crippen LogP contribution in [0.4, 0.5) is 5.69 Å². The molecule has 0 bridgehead atoms. The second kappa shape index (κ2) is 7.73. The summed E-state index contributed by atoms with van der Waals surface area (Å²) in [5, 5.41) is 2.73. The standard InChI is InChI=1S/C16H16BrN3O3/c1-20(16(22)11-7-12(17)9-18-8-11)10-15(21)19-13-3-5-14(23-2)6-4-13/h3-9H,10H2,1-2H3,(H,19,21). The molecule has 2 aromatic rings. The third-order valence-corrected chi connectivity index (χ3v) is 3.49. The normalized spacial score (nSPS) is 10.0. The number of nitrogens with one attached hydrogen (secondary N) is 1. The van der Waals surface area contributed by atoms with Crippen molar-refractivity contribution in [2.24, 2.45) is 0 Å². The van der Waals surface area contributed by atoms with Gasteiger partial charge in [0.15, 0.2) is 0 Å². The Bertz CT molecular complexity index is 704. The average Bonchev–Trinajstić information content (AvgIpc) is 2.54. The van der Waals surface area contributed by atoms with Crippen molar-refractivity contribution in [2.75, 3.05) is 26.0 Å². The third-order valence-electron chi connectivity index (χ3n) is 3.05. The predicted molar refractivity (Wildman–Crippen MR) is 90.5 cm³/mol. The fourth-order valence-electron chi connectivity index (χ4n) is 1.91. The lowest BCUT2D eigenvalue weighted by Crippen LogP contribution is -2.35. The molecule has 0 unspecified atom stereocenters. The number of rotatable bonds is 5.